The van der Waals surface area contributed by atoms with Crippen molar-refractivity contribution in [3.05, 3.63) is 117 Å². The highest BCUT2D eigenvalue weighted by Crippen LogP contribution is 2.37. The van der Waals surface area contributed by atoms with Gasteiger partial charge in [0.2, 0.25) is 5.95 Å². The third-order valence-electron chi connectivity index (χ3n) is 13.5. The molecular formula is C48H54N10O5. The number of carbonyl (C=O) groups is 2. The molecule has 10 rings (SSSR count). The summed E-state index contributed by atoms with van der Waals surface area (Å²) < 4.78 is 5.62. The van der Waals surface area contributed by atoms with Crippen molar-refractivity contribution in [1.82, 2.24) is 39.5 Å². The van der Waals surface area contributed by atoms with Crippen molar-refractivity contribution in [2.24, 2.45) is 11.8 Å². The topological polar surface area (TPSA) is 178 Å². The monoisotopic (exact) mass is 850 g/mol. The summed E-state index contributed by atoms with van der Waals surface area (Å²) >= 11 is 0. The number of nitrogens with two attached hydrogens (primary N) is 1. The molecule has 7 heterocycles. The number of aromatic nitrogens is 4. The van der Waals surface area contributed by atoms with Crippen LogP contribution in [0.1, 0.15) is 79.6 Å². The number of likely N-dealkylation sites (tertiary alicyclic amines) is 2. The molecule has 15 nitrogen and oxygen atoms in total. The zero-order chi connectivity index (χ0) is 43.4. The summed E-state index contributed by atoms with van der Waals surface area (Å²) in [4.78, 5) is 56.7. The first-order valence-electron chi connectivity index (χ1n) is 22.1. The van der Waals surface area contributed by atoms with Crippen LogP contribution in [0, 0.1) is 11.8 Å². The maximum Gasteiger partial charge on any atom is 0.258 e. The van der Waals surface area contributed by atoms with Gasteiger partial charge in [0, 0.05) is 102 Å². The van der Waals surface area contributed by atoms with Gasteiger partial charge < -0.3 is 35.4 Å². The average Bonchev–Trinajstić information content (AvgIpc) is 3.99. The van der Waals surface area contributed by atoms with Crippen LogP contribution in [0.5, 0.6) is 11.5 Å². The number of nitrogen functional groups attached to an aromatic ring is 1. The number of fused-ring (bicyclic) bond motifs is 3. The van der Waals surface area contributed by atoms with Gasteiger partial charge in [0.15, 0.2) is 5.82 Å². The molecule has 2 atom stereocenters. The van der Waals surface area contributed by atoms with Crippen LogP contribution in [0.2, 0.25) is 0 Å². The molecule has 0 bridgehead atoms. The first-order chi connectivity index (χ1) is 30.5. The second-order valence-corrected chi connectivity index (χ2v) is 18.2. The molecule has 0 aliphatic carbocycles. The first kappa shape index (κ1) is 40.9. The Labute approximate surface area is 367 Å². The molecule has 5 aromatic rings. The van der Waals surface area contributed by atoms with E-state index in [9.17, 15) is 19.8 Å². The van der Waals surface area contributed by atoms with Gasteiger partial charge in [0.1, 0.15) is 17.3 Å². The van der Waals surface area contributed by atoms with E-state index in [0.717, 1.165) is 80.6 Å². The molecule has 2 aromatic heterocycles. The normalized spacial score (nSPS) is 20.0. The molecule has 15 heteroatoms. The van der Waals surface area contributed by atoms with Crippen molar-refractivity contribution >= 4 is 23.6 Å². The number of amides is 2. The number of phenols is 2. The van der Waals surface area contributed by atoms with Gasteiger partial charge in [-0.15, -0.1) is 0 Å². The maximum atomic E-state index is 13.9. The summed E-state index contributed by atoms with van der Waals surface area (Å²) in [7, 11) is 0. The van der Waals surface area contributed by atoms with E-state index in [1.165, 1.54) is 17.2 Å². The fourth-order valence-electron chi connectivity index (χ4n) is 10.2. The smallest absolute Gasteiger partial charge is 0.258 e. The van der Waals surface area contributed by atoms with Gasteiger partial charge in [0.05, 0.1) is 36.6 Å². The van der Waals surface area contributed by atoms with Crippen molar-refractivity contribution < 1.29 is 24.5 Å². The molecule has 3 saturated heterocycles. The molecule has 3 aromatic carbocycles. The number of anilines is 2. The zero-order valence-electron chi connectivity index (χ0n) is 35.9. The third kappa shape index (κ3) is 8.28. The second kappa shape index (κ2) is 16.8. The van der Waals surface area contributed by atoms with E-state index < -0.39 is 0 Å². The van der Waals surface area contributed by atoms with Gasteiger partial charge in [-0.25, -0.2) is 19.9 Å². The van der Waals surface area contributed by atoms with Crippen LogP contribution in [-0.2, 0) is 43.9 Å². The van der Waals surface area contributed by atoms with Crippen LogP contribution < -0.4 is 10.6 Å². The van der Waals surface area contributed by atoms with Crippen LogP contribution in [-0.4, -0.2) is 121 Å². The minimum absolute atomic E-state index is 0.00403. The van der Waals surface area contributed by atoms with E-state index in [1.54, 1.807) is 23.4 Å². The van der Waals surface area contributed by atoms with Crippen molar-refractivity contribution in [3.8, 4) is 22.9 Å². The number of aromatic hydroxyl groups is 2. The molecule has 4 N–H and O–H groups in total. The molecule has 0 spiro atoms. The predicted octanol–water partition coefficient (Wildman–Crippen LogP) is 4.81. The van der Waals surface area contributed by atoms with Crippen LogP contribution in [0.4, 0.5) is 11.8 Å². The predicted molar refractivity (Wildman–Crippen MR) is 237 cm³/mol. The van der Waals surface area contributed by atoms with Gasteiger partial charge in [-0.2, -0.15) is 0 Å². The molecule has 5 aliphatic rings. The first-order valence-corrected chi connectivity index (χ1v) is 22.1. The molecule has 2 amide bonds. The van der Waals surface area contributed by atoms with Crippen LogP contribution in [0.15, 0.2) is 67.0 Å². The quantitative estimate of drug-likeness (QED) is 0.185. The number of ether oxygens (including phenoxy) is 1. The number of phenolic OH excluding ortho intramolecular Hbond substituents is 2. The van der Waals surface area contributed by atoms with E-state index in [4.69, 9.17) is 20.4 Å². The Bertz CT molecular complexity index is 2530. The van der Waals surface area contributed by atoms with Crippen molar-refractivity contribution in [1.29, 1.82) is 0 Å². The van der Waals surface area contributed by atoms with E-state index in [1.807, 2.05) is 30.9 Å². The van der Waals surface area contributed by atoms with Crippen LogP contribution in [0.3, 0.4) is 0 Å². The Kier molecular flexibility index (Phi) is 10.9. The zero-order valence-corrected chi connectivity index (χ0v) is 35.9. The Hall–Kier alpha value is -6.16. The highest BCUT2D eigenvalue weighted by atomic mass is 16.5. The summed E-state index contributed by atoms with van der Waals surface area (Å²) in [5.41, 5.74) is 14.6. The van der Waals surface area contributed by atoms with Gasteiger partial charge in [0.25, 0.3) is 11.8 Å². The van der Waals surface area contributed by atoms with Gasteiger partial charge in [-0.1, -0.05) is 44.2 Å². The number of rotatable bonds is 9. The van der Waals surface area contributed by atoms with Gasteiger partial charge >= 0.3 is 0 Å². The average molecular weight is 851 g/mol. The largest absolute Gasteiger partial charge is 0.508 e. The van der Waals surface area contributed by atoms with E-state index in [0.29, 0.717) is 80.2 Å². The lowest BCUT2D eigenvalue weighted by molar-refractivity contribution is 0.0729. The Morgan fingerprint density at radius 1 is 0.762 bits per heavy atom. The fourth-order valence-corrected chi connectivity index (χ4v) is 10.2. The van der Waals surface area contributed by atoms with Gasteiger partial charge in [-0.05, 0) is 70.2 Å². The van der Waals surface area contributed by atoms with Crippen molar-refractivity contribution in [2.45, 2.75) is 58.9 Å². The molecule has 0 radical (unpaired) electrons. The number of hydrogen-bond acceptors (Lipinski definition) is 13. The lowest BCUT2D eigenvalue weighted by Gasteiger charge is -2.34. The second-order valence-electron chi connectivity index (χ2n) is 18.2. The summed E-state index contributed by atoms with van der Waals surface area (Å²) in [6, 6.07) is 17.6. The summed E-state index contributed by atoms with van der Waals surface area (Å²) in [5, 5.41) is 20.8. The molecular weight excluding hydrogens is 797 g/mol. The highest BCUT2D eigenvalue weighted by molar-refractivity contribution is 5.97. The SMILES string of the molecule is CC(C)c1cc(C(=O)N2Cc3ccc(CN4CC5CN(Cc6ccc(C(=O)N7CCc8c(nc(-c9cnc(N)nc9)nc8N8CCOCC8)C7)cc6)CC5C4)cc3C2)c(O)cc1O. The Morgan fingerprint density at radius 3 is 2.13 bits per heavy atom. The van der Waals surface area contributed by atoms with Gasteiger partial charge in [-0.3, -0.25) is 19.4 Å². The Morgan fingerprint density at radius 2 is 1.43 bits per heavy atom. The number of carbonyl (C=O) groups excluding carboxylic acids is 2. The minimum atomic E-state index is -0.228. The number of hydrogen-bond donors (Lipinski definition) is 3. The van der Waals surface area contributed by atoms with E-state index in [2.05, 4.69) is 55.0 Å². The molecule has 63 heavy (non-hydrogen) atoms. The summed E-state index contributed by atoms with van der Waals surface area (Å²) in [6.45, 7) is 14.6. The van der Waals surface area contributed by atoms with Crippen LogP contribution >= 0.6 is 0 Å². The molecule has 3 fully saturated rings. The van der Waals surface area contributed by atoms with Crippen molar-refractivity contribution in [3.63, 3.8) is 0 Å². The fraction of sp³-hybridized carbons (Fsp3) is 0.417. The standard InChI is InChI=1S/C48H54N10O5/c1-29(2)39-16-40(43(60)17-42(39)59)47(62)58-26-33-8-5-31(15-34(33)27-58)21-55-24-36-22-54(23-37(36)25-55)20-30-3-6-32(7-4-30)46(61)57-10-9-38-41(28-57)52-44(35-18-50-48(49)51-19-35)53-45(38)56-11-13-63-14-12-56/h3-8,15-19,29,36-37,59-60H,9-14,20-28H2,1-2H3,(H2,49,50,51). The van der Waals surface area contributed by atoms with Crippen LogP contribution in [0.25, 0.3) is 11.4 Å². The molecule has 326 valence electrons. The minimum Gasteiger partial charge on any atom is -0.508 e. The molecule has 0 saturated carbocycles. The lowest BCUT2D eigenvalue weighted by Crippen LogP contribution is -2.41. The summed E-state index contributed by atoms with van der Waals surface area (Å²) in [5.74, 6) is 2.43. The molecule has 5 aliphatic heterocycles. The van der Waals surface area contributed by atoms with Crippen molar-refractivity contribution in [2.75, 3.05) is 69.7 Å². The van der Waals surface area contributed by atoms with E-state index in [-0.39, 0.29) is 40.7 Å². The lowest BCUT2D eigenvalue weighted by atomic mass is 9.98. The Balaban J connectivity index is 0.727. The third-order valence-corrected chi connectivity index (χ3v) is 13.5. The highest BCUT2D eigenvalue weighted by Gasteiger charge is 2.40. The number of morpholine rings is 1. The summed E-state index contributed by atoms with van der Waals surface area (Å²) in [6.07, 6.45) is 3.94. The number of benzene rings is 3. The maximum absolute atomic E-state index is 13.9. The molecule has 2 unspecified atom stereocenters. The van der Waals surface area contributed by atoms with E-state index >= 15 is 0 Å². The number of nitrogens with zero attached hydrogens (tertiary/aromatic N) is 9.